The first-order chi connectivity index (χ1) is 10.7. The van der Waals surface area contributed by atoms with Crippen LogP contribution in [-0.4, -0.2) is 17.1 Å². The Morgan fingerprint density at radius 3 is 1.95 bits per heavy atom. The number of azide groups is 2. The minimum Gasteiger partial charge on any atom is -0.358 e. The molecule has 4 unspecified atom stereocenters. The molecule has 4 atom stereocenters. The highest BCUT2D eigenvalue weighted by Gasteiger charge is 2.64. The maximum absolute atomic E-state index is 8.64. The van der Waals surface area contributed by atoms with Gasteiger partial charge in [-0.15, -0.1) is 0 Å². The standard InChI is InChI=1S/C12H10Cl2N8/c13-6-10(22-8-4-1-2-5(3-4)9(8)22)7(14)12(19-21-16)17-11(6)18-20-15/h4-5,8-9H,1-3H2. The van der Waals surface area contributed by atoms with Crippen molar-refractivity contribution in [3.63, 3.8) is 0 Å². The SMILES string of the molecule is [N-]=[N+]=Nc1nc(N=[N+]=[N-])c(Cl)c(N2C3C4CCC(C4)C32)c1Cl. The van der Waals surface area contributed by atoms with Crippen LogP contribution < -0.4 is 4.90 Å². The molecule has 1 aliphatic heterocycles. The largest absolute Gasteiger partial charge is 0.358 e. The molecule has 1 saturated heterocycles. The van der Waals surface area contributed by atoms with Gasteiger partial charge in [-0.25, -0.2) is 4.98 Å². The molecule has 1 aromatic heterocycles. The zero-order valence-electron chi connectivity index (χ0n) is 11.3. The van der Waals surface area contributed by atoms with Crippen LogP contribution in [0.3, 0.4) is 0 Å². The van der Waals surface area contributed by atoms with Gasteiger partial charge in [0.25, 0.3) is 0 Å². The third-order valence-corrected chi connectivity index (χ3v) is 5.64. The molecule has 4 rings (SSSR count). The average molecular weight is 337 g/mol. The molecule has 0 amide bonds. The van der Waals surface area contributed by atoms with E-state index in [1.807, 2.05) is 0 Å². The molecule has 10 heteroatoms. The van der Waals surface area contributed by atoms with Crippen LogP contribution in [0.25, 0.3) is 20.9 Å². The normalized spacial score (nSPS) is 30.5. The number of hydrogen-bond acceptors (Lipinski definition) is 4. The Bertz CT molecular complexity index is 709. The van der Waals surface area contributed by atoms with Crippen LogP contribution in [0.1, 0.15) is 19.3 Å². The molecule has 22 heavy (non-hydrogen) atoms. The number of pyridine rings is 1. The van der Waals surface area contributed by atoms with Gasteiger partial charge in [-0.2, -0.15) is 0 Å². The molecule has 0 N–H and O–H groups in total. The predicted molar refractivity (Wildman–Crippen MR) is 82.8 cm³/mol. The van der Waals surface area contributed by atoms with E-state index in [0.29, 0.717) is 29.6 Å². The van der Waals surface area contributed by atoms with Crippen molar-refractivity contribution >= 4 is 40.5 Å². The summed E-state index contributed by atoms with van der Waals surface area (Å²) in [6.07, 6.45) is 3.72. The van der Waals surface area contributed by atoms with E-state index in [-0.39, 0.29) is 21.7 Å². The van der Waals surface area contributed by atoms with E-state index >= 15 is 0 Å². The van der Waals surface area contributed by atoms with Gasteiger partial charge in [0.15, 0.2) is 0 Å². The van der Waals surface area contributed by atoms with Gasteiger partial charge < -0.3 is 4.90 Å². The van der Waals surface area contributed by atoms with Gasteiger partial charge >= 0.3 is 0 Å². The summed E-state index contributed by atoms with van der Waals surface area (Å²) in [4.78, 5) is 11.5. The Balaban J connectivity index is 1.85. The lowest BCUT2D eigenvalue weighted by atomic mass is 10.0. The Morgan fingerprint density at radius 1 is 1.00 bits per heavy atom. The highest BCUT2D eigenvalue weighted by Crippen LogP contribution is 2.62. The number of nitrogens with zero attached hydrogens (tertiary/aromatic N) is 8. The molecule has 2 aliphatic carbocycles. The Labute approximate surface area is 135 Å². The molecule has 0 radical (unpaired) electrons. The van der Waals surface area contributed by atoms with Crippen molar-refractivity contribution in [1.82, 2.24) is 4.98 Å². The highest BCUT2D eigenvalue weighted by atomic mass is 35.5. The predicted octanol–water partition coefficient (Wildman–Crippen LogP) is 5.26. The average Bonchev–Trinajstić information content (AvgIpc) is 2.91. The van der Waals surface area contributed by atoms with E-state index in [4.69, 9.17) is 34.3 Å². The first kappa shape index (κ1) is 13.8. The summed E-state index contributed by atoms with van der Waals surface area (Å²) in [7, 11) is 0. The number of halogens is 2. The lowest BCUT2D eigenvalue weighted by Gasteiger charge is -2.18. The summed E-state index contributed by atoms with van der Waals surface area (Å²) in [5.41, 5.74) is 17.9. The molecule has 0 spiro atoms. The molecule has 3 fully saturated rings. The lowest BCUT2D eigenvalue weighted by molar-refractivity contribution is 0.546. The summed E-state index contributed by atoms with van der Waals surface area (Å²) in [6, 6.07) is 0.878. The lowest BCUT2D eigenvalue weighted by Crippen LogP contribution is -2.12. The molecule has 2 heterocycles. The number of rotatable bonds is 3. The molecule has 2 bridgehead atoms. The van der Waals surface area contributed by atoms with Crippen LogP contribution in [0.5, 0.6) is 0 Å². The van der Waals surface area contributed by atoms with Gasteiger partial charge in [0, 0.05) is 9.82 Å². The third kappa shape index (κ3) is 1.76. The Kier molecular flexibility index (Phi) is 3.03. The van der Waals surface area contributed by atoms with E-state index in [1.165, 1.54) is 19.3 Å². The fourth-order valence-corrected chi connectivity index (χ4v) is 4.79. The van der Waals surface area contributed by atoms with Crippen molar-refractivity contribution in [1.29, 1.82) is 0 Å². The Morgan fingerprint density at radius 2 is 1.50 bits per heavy atom. The molecule has 3 aliphatic rings. The van der Waals surface area contributed by atoms with E-state index in [0.717, 1.165) is 0 Å². The number of piperidine rings is 1. The van der Waals surface area contributed by atoms with Crippen LogP contribution in [0.2, 0.25) is 10.0 Å². The number of fused-ring (bicyclic) bond motifs is 5. The molecular weight excluding hydrogens is 327 g/mol. The topological polar surface area (TPSA) is 113 Å². The molecule has 112 valence electrons. The van der Waals surface area contributed by atoms with Gasteiger partial charge in [0.1, 0.15) is 11.6 Å². The van der Waals surface area contributed by atoms with E-state index in [9.17, 15) is 0 Å². The van der Waals surface area contributed by atoms with Crippen LogP contribution >= 0.6 is 23.2 Å². The first-order valence-electron chi connectivity index (χ1n) is 6.95. The second-order valence-electron chi connectivity index (χ2n) is 5.84. The quantitative estimate of drug-likeness (QED) is 0.324. The minimum atomic E-state index is -0.0108. The summed E-state index contributed by atoms with van der Waals surface area (Å²) in [5, 5.41) is 7.39. The molecule has 1 aromatic rings. The summed E-state index contributed by atoms with van der Waals surface area (Å²) in [6.45, 7) is 0. The van der Waals surface area contributed by atoms with Crippen LogP contribution in [-0.2, 0) is 0 Å². The van der Waals surface area contributed by atoms with Crippen molar-refractivity contribution in [2.45, 2.75) is 31.3 Å². The minimum absolute atomic E-state index is 0.0108. The Hall–Kier alpha value is -1.85. The second kappa shape index (κ2) is 4.83. The fourth-order valence-electron chi connectivity index (χ4n) is 4.20. The number of aromatic nitrogens is 1. The summed E-state index contributed by atoms with van der Waals surface area (Å²) < 4.78 is 0. The number of anilines is 1. The fraction of sp³-hybridized carbons (Fsp3) is 0.583. The van der Waals surface area contributed by atoms with Crippen molar-refractivity contribution in [3.8, 4) is 0 Å². The van der Waals surface area contributed by atoms with Gasteiger partial charge in [-0.05, 0) is 52.4 Å². The van der Waals surface area contributed by atoms with E-state index in [2.05, 4.69) is 29.9 Å². The van der Waals surface area contributed by atoms with Gasteiger partial charge in [0.05, 0.1) is 27.8 Å². The van der Waals surface area contributed by atoms with E-state index < -0.39 is 0 Å². The smallest absolute Gasteiger partial charge is 0.148 e. The van der Waals surface area contributed by atoms with Crippen molar-refractivity contribution in [2.75, 3.05) is 4.90 Å². The third-order valence-electron chi connectivity index (χ3n) is 4.94. The highest BCUT2D eigenvalue weighted by molar-refractivity contribution is 6.42. The monoisotopic (exact) mass is 336 g/mol. The summed E-state index contributed by atoms with van der Waals surface area (Å²) >= 11 is 12.7. The van der Waals surface area contributed by atoms with Gasteiger partial charge in [-0.1, -0.05) is 23.2 Å². The van der Waals surface area contributed by atoms with Gasteiger partial charge in [0.2, 0.25) is 0 Å². The van der Waals surface area contributed by atoms with Gasteiger partial charge in [-0.3, -0.25) is 0 Å². The van der Waals surface area contributed by atoms with E-state index in [1.54, 1.807) is 0 Å². The van der Waals surface area contributed by atoms with Crippen LogP contribution in [0.15, 0.2) is 10.2 Å². The maximum atomic E-state index is 8.64. The zero-order chi connectivity index (χ0) is 15.4. The van der Waals surface area contributed by atoms with Crippen LogP contribution in [0.4, 0.5) is 17.3 Å². The zero-order valence-corrected chi connectivity index (χ0v) is 12.8. The van der Waals surface area contributed by atoms with Crippen molar-refractivity contribution in [3.05, 3.63) is 30.9 Å². The number of hydrogen-bond donors (Lipinski definition) is 0. The second-order valence-corrected chi connectivity index (χ2v) is 6.59. The molecule has 0 aromatic carbocycles. The van der Waals surface area contributed by atoms with Crippen LogP contribution in [0, 0.1) is 11.8 Å². The van der Waals surface area contributed by atoms with Crippen molar-refractivity contribution < 1.29 is 0 Å². The molecule has 8 nitrogen and oxygen atoms in total. The van der Waals surface area contributed by atoms with Crippen molar-refractivity contribution in [2.24, 2.45) is 22.1 Å². The molecule has 2 saturated carbocycles. The summed E-state index contributed by atoms with van der Waals surface area (Å²) in [5.74, 6) is 1.31. The molecular formula is C12H10Cl2N8. The maximum Gasteiger partial charge on any atom is 0.148 e. The first-order valence-corrected chi connectivity index (χ1v) is 7.70.